The van der Waals surface area contributed by atoms with Crippen molar-refractivity contribution in [3.63, 3.8) is 0 Å². The van der Waals surface area contributed by atoms with E-state index in [0.717, 1.165) is 42.1 Å². The highest BCUT2D eigenvalue weighted by molar-refractivity contribution is 7.13. The highest BCUT2D eigenvalue weighted by Gasteiger charge is 2.34. The van der Waals surface area contributed by atoms with Gasteiger partial charge < -0.3 is 10.6 Å². The molecule has 2 heterocycles. The Kier molecular flexibility index (Phi) is 4.03. The molecule has 1 aliphatic heterocycles. The Hall–Kier alpha value is -1.72. The van der Waals surface area contributed by atoms with Crippen LogP contribution in [0.4, 0.5) is 5.69 Å². The summed E-state index contributed by atoms with van der Waals surface area (Å²) in [6.07, 6.45) is 4.90. The van der Waals surface area contributed by atoms with Gasteiger partial charge in [-0.05, 0) is 44.9 Å². The number of benzene rings is 1. The lowest BCUT2D eigenvalue weighted by Crippen LogP contribution is -2.54. The third kappa shape index (κ3) is 3.14. The molecule has 110 valence electrons. The van der Waals surface area contributed by atoms with Gasteiger partial charge in [0.1, 0.15) is 5.01 Å². The molecule has 3 rings (SSSR count). The molecule has 21 heavy (non-hydrogen) atoms. The maximum absolute atomic E-state index is 12.5. The van der Waals surface area contributed by atoms with E-state index < -0.39 is 5.54 Å². The first-order chi connectivity index (χ1) is 10.2. The number of amides is 1. The van der Waals surface area contributed by atoms with Crippen LogP contribution in [0, 0.1) is 0 Å². The number of aromatic nitrogens is 1. The molecule has 2 aromatic rings. The molecule has 1 saturated heterocycles. The first-order valence-electron chi connectivity index (χ1n) is 7.24. The van der Waals surface area contributed by atoms with Gasteiger partial charge in [-0.15, -0.1) is 11.3 Å². The van der Waals surface area contributed by atoms with E-state index in [-0.39, 0.29) is 5.91 Å². The minimum Gasteiger partial charge on any atom is -0.324 e. The summed E-state index contributed by atoms with van der Waals surface area (Å²) in [5.74, 6) is 0.0403. The van der Waals surface area contributed by atoms with E-state index in [1.54, 1.807) is 17.5 Å². The van der Waals surface area contributed by atoms with E-state index >= 15 is 0 Å². The molecule has 1 unspecified atom stereocenters. The SMILES string of the molecule is CC1(C(=O)Nc2cccc(-c3nccs3)c2)CCCCN1. The molecule has 2 N–H and O–H groups in total. The molecule has 0 spiro atoms. The minimum absolute atomic E-state index is 0.0403. The molecule has 0 aliphatic carbocycles. The number of hydrogen-bond donors (Lipinski definition) is 2. The van der Waals surface area contributed by atoms with E-state index in [1.807, 2.05) is 36.6 Å². The second kappa shape index (κ2) is 5.95. The Balaban J connectivity index is 1.76. The third-order valence-electron chi connectivity index (χ3n) is 3.92. The number of rotatable bonds is 3. The van der Waals surface area contributed by atoms with Gasteiger partial charge in [-0.25, -0.2) is 4.98 Å². The maximum Gasteiger partial charge on any atom is 0.244 e. The molecule has 1 atom stereocenters. The topological polar surface area (TPSA) is 54.0 Å². The summed E-state index contributed by atoms with van der Waals surface area (Å²) in [4.78, 5) is 16.8. The third-order valence-corrected chi connectivity index (χ3v) is 4.74. The molecule has 1 fully saturated rings. The van der Waals surface area contributed by atoms with Gasteiger partial charge in [0.05, 0.1) is 5.54 Å². The number of nitrogens with zero attached hydrogens (tertiary/aromatic N) is 1. The van der Waals surface area contributed by atoms with Crippen LogP contribution in [0.2, 0.25) is 0 Å². The lowest BCUT2D eigenvalue weighted by atomic mass is 9.90. The molecule has 4 nitrogen and oxygen atoms in total. The average Bonchev–Trinajstić information content (AvgIpc) is 3.02. The van der Waals surface area contributed by atoms with E-state index in [4.69, 9.17) is 0 Å². The van der Waals surface area contributed by atoms with Gasteiger partial charge in [0.25, 0.3) is 0 Å². The van der Waals surface area contributed by atoms with Gasteiger partial charge in [-0.2, -0.15) is 0 Å². The van der Waals surface area contributed by atoms with Gasteiger partial charge in [0, 0.05) is 22.8 Å². The Bertz CT molecular complexity index is 618. The van der Waals surface area contributed by atoms with Gasteiger partial charge >= 0.3 is 0 Å². The van der Waals surface area contributed by atoms with Crippen LogP contribution in [0.5, 0.6) is 0 Å². The fourth-order valence-electron chi connectivity index (χ4n) is 2.62. The van der Waals surface area contributed by atoms with Crippen LogP contribution < -0.4 is 10.6 Å². The van der Waals surface area contributed by atoms with E-state index in [0.29, 0.717) is 0 Å². The van der Waals surface area contributed by atoms with Crippen LogP contribution in [-0.2, 0) is 4.79 Å². The highest BCUT2D eigenvalue weighted by Crippen LogP contribution is 2.26. The molecule has 1 amide bonds. The molecule has 0 bridgehead atoms. The summed E-state index contributed by atoms with van der Waals surface area (Å²) < 4.78 is 0. The molecule has 0 radical (unpaired) electrons. The highest BCUT2D eigenvalue weighted by atomic mass is 32.1. The molecule has 0 saturated carbocycles. The van der Waals surface area contributed by atoms with Crippen molar-refractivity contribution in [1.82, 2.24) is 10.3 Å². The van der Waals surface area contributed by atoms with Crippen molar-refractivity contribution in [1.29, 1.82) is 0 Å². The molecular formula is C16H19N3OS. The average molecular weight is 301 g/mol. The number of anilines is 1. The van der Waals surface area contributed by atoms with Gasteiger partial charge in [0.15, 0.2) is 0 Å². The van der Waals surface area contributed by atoms with Crippen molar-refractivity contribution in [2.24, 2.45) is 0 Å². The predicted octanol–water partition coefficient (Wildman–Crippen LogP) is 3.28. The number of piperidine rings is 1. The van der Waals surface area contributed by atoms with Crippen LogP contribution in [0.3, 0.4) is 0 Å². The standard InChI is InChI=1S/C16H19N3OS/c1-16(7-2-3-8-18-16)15(20)19-13-6-4-5-12(11-13)14-17-9-10-21-14/h4-6,9-11,18H,2-3,7-8H2,1H3,(H,19,20). The monoisotopic (exact) mass is 301 g/mol. The number of hydrogen-bond acceptors (Lipinski definition) is 4. The lowest BCUT2D eigenvalue weighted by Gasteiger charge is -2.33. The largest absolute Gasteiger partial charge is 0.324 e. The fourth-order valence-corrected chi connectivity index (χ4v) is 3.25. The summed E-state index contributed by atoms with van der Waals surface area (Å²) in [6.45, 7) is 2.88. The number of thiazole rings is 1. The maximum atomic E-state index is 12.5. The van der Waals surface area contributed by atoms with E-state index in [9.17, 15) is 4.79 Å². The number of carbonyl (C=O) groups excluding carboxylic acids is 1. The quantitative estimate of drug-likeness (QED) is 0.914. The zero-order valence-electron chi connectivity index (χ0n) is 12.1. The normalized spacial score (nSPS) is 22.0. The van der Waals surface area contributed by atoms with Crippen molar-refractivity contribution < 1.29 is 4.79 Å². The predicted molar refractivity (Wildman–Crippen MR) is 86.4 cm³/mol. The first-order valence-corrected chi connectivity index (χ1v) is 8.12. The van der Waals surface area contributed by atoms with Crippen LogP contribution in [0.1, 0.15) is 26.2 Å². The van der Waals surface area contributed by atoms with Crippen molar-refractivity contribution in [3.05, 3.63) is 35.8 Å². The van der Waals surface area contributed by atoms with Gasteiger partial charge in [-0.3, -0.25) is 4.79 Å². The van der Waals surface area contributed by atoms with Crippen LogP contribution in [0.15, 0.2) is 35.8 Å². The smallest absolute Gasteiger partial charge is 0.244 e. The Labute approximate surface area is 128 Å². The van der Waals surface area contributed by atoms with E-state index in [1.165, 1.54) is 0 Å². The summed E-state index contributed by atoms with van der Waals surface area (Å²) in [5, 5.41) is 9.28. The Morgan fingerprint density at radius 3 is 3.05 bits per heavy atom. The van der Waals surface area contributed by atoms with Crippen LogP contribution in [-0.4, -0.2) is 23.0 Å². The Morgan fingerprint density at radius 1 is 1.43 bits per heavy atom. The summed E-state index contributed by atoms with van der Waals surface area (Å²) >= 11 is 1.59. The van der Waals surface area contributed by atoms with Crippen molar-refractivity contribution in [3.8, 4) is 10.6 Å². The molecule has 5 heteroatoms. The zero-order valence-corrected chi connectivity index (χ0v) is 12.9. The number of carbonyl (C=O) groups is 1. The second-order valence-electron chi connectivity index (χ2n) is 5.59. The van der Waals surface area contributed by atoms with E-state index in [2.05, 4.69) is 15.6 Å². The minimum atomic E-state index is -0.463. The van der Waals surface area contributed by atoms with Crippen molar-refractivity contribution in [2.45, 2.75) is 31.7 Å². The molecule has 1 aromatic heterocycles. The zero-order chi connectivity index (χ0) is 14.7. The van der Waals surface area contributed by atoms with Crippen LogP contribution >= 0.6 is 11.3 Å². The molecule has 1 aromatic carbocycles. The van der Waals surface area contributed by atoms with Crippen molar-refractivity contribution in [2.75, 3.05) is 11.9 Å². The summed E-state index contributed by atoms with van der Waals surface area (Å²) in [5.41, 5.74) is 1.39. The second-order valence-corrected chi connectivity index (χ2v) is 6.48. The Morgan fingerprint density at radius 2 is 2.33 bits per heavy atom. The molecule has 1 aliphatic rings. The summed E-state index contributed by atoms with van der Waals surface area (Å²) in [6, 6.07) is 7.85. The fraction of sp³-hybridized carbons (Fsp3) is 0.375. The van der Waals surface area contributed by atoms with Gasteiger partial charge in [0.2, 0.25) is 5.91 Å². The van der Waals surface area contributed by atoms with Crippen LogP contribution in [0.25, 0.3) is 10.6 Å². The number of nitrogens with one attached hydrogen (secondary N) is 2. The summed E-state index contributed by atoms with van der Waals surface area (Å²) in [7, 11) is 0. The molecular weight excluding hydrogens is 282 g/mol. The van der Waals surface area contributed by atoms with Crippen molar-refractivity contribution >= 4 is 22.9 Å². The first kappa shape index (κ1) is 14.2. The lowest BCUT2D eigenvalue weighted by molar-refractivity contribution is -0.122. The van der Waals surface area contributed by atoms with Gasteiger partial charge in [-0.1, -0.05) is 12.1 Å².